The average molecular weight is 313 g/mol. The summed E-state index contributed by atoms with van der Waals surface area (Å²) in [6, 6.07) is 8.16. The fourth-order valence-electron chi connectivity index (χ4n) is 2.91. The van der Waals surface area contributed by atoms with Crippen molar-refractivity contribution in [2.45, 2.75) is 46.1 Å². The molecule has 4 heteroatoms. The Bertz CT molecular complexity index is 656. The van der Waals surface area contributed by atoms with Gasteiger partial charge in [-0.25, -0.2) is 4.98 Å². The third-order valence-corrected chi connectivity index (χ3v) is 4.28. The number of aromatic nitrogens is 2. The molecule has 1 aromatic heterocycles. The zero-order chi connectivity index (χ0) is 16.7. The van der Waals surface area contributed by atoms with Gasteiger partial charge in [0.05, 0.1) is 11.0 Å². The summed E-state index contributed by atoms with van der Waals surface area (Å²) in [5.41, 5.74) is 2.16. The van der Waals surface area contributed by atoms with E-state index in [1.165, 1.54) is 0 Å². The maximum Gasteiger partial charge on any atom is 0.223 e. The maximum atomic E-state index is 12.0. The molecule has 0 aliphatic carbocycles. The number of para-hydroxylation sites is 2. The number of nitrogens with one attached hydrogen (secondary N) is 1. The standard InChI is InChI=1S/C19H27N3O/c1-4-14-22-17-11-8-7-10-16(17)21-18(22)12-9-13-20-19(23)15(5-2)6-3/h4,7-8,10-11,15H,1,5-6,9,12-14H2,2-3H3,(H,20,23). The zero-order valence-electron chi connectivity index (χ0n) is 14.2. The van der Waals surface area contributed by atoms with E-state index in [0.717, 1.165) is 49.1 Å². The summed E-state index contributed by atoms with van der Waals surface area (Å²) < 4.78 is 2.20. The minimum Gasteiger partial charge on any atom is -0.356 e. The van der Waals surface area contributed by atoms with Crippen LogP contribution in [-0.4, -0.2) is 22.0 Å². The smallest absolute Gasteiger partial charge is 0.223 e. The Kier molecular flexibility index (Phi) is 6.39. The van der Waals surface area contributed by atoms with Gasteiger partial charge in [0.1, 0.15) is 5.82 Å². The third-order valence-electron chi connectivity index (χ3n) is 4.28. The van der Waals surface area contributed by atoms with Crippen LogP contribution in [0, 0.1) is 5.92 Å². The van der Waals surface area contributed by atoms with E-state index >= 15 is 0 Å². The monoisotopic (exact) mass is 313 g/mol. The lowest BCUT2D eigenvalue weighted by Gasteiger charge is -2.12. The summed E-state index contributed by atoms with van der Waals surface area (Å²) >= 11 is 0. The highest BCUT2D eigenvalue weighted by Gasteiger charge is 2.13. The number of hydrogen-bond acceptors (Lipinski definition) is 2. The van der Waals surface area contributed by atoms with E-state index in [0.29, 0.717) is 6.54 Å². The summed E-state index contributed by atoms with van der Waals surface area (Å²) in [5.74, 6) is 1.37. The first kappa shape index (κ1) is 17.3. The minimum atomic E-state index is 0.139. The van der Waals surface area contributed by atoms with Crippen molar-refractivity contribution in [1.29, 1.82) is 0 Å². The van der Waals surface area contributed by atoms with Gasteiger partial charge in [0.15, 0.2) is 0 Å². The van der Waals surface area contributed by atoms with Crippen molar-refractivity contribution in [2.75, 3.05) is 6.54 Å². The van der Waals surface area contributed by atoms with Crippen LogP contribution in [0.5, 0.6) is 0 Å². The molecule has 0 unspecified atom stereocenters. The van der Waals surface area contributed by atoms with Crippen LogP contribution in [-0.2, 0) is 17.8 Å². The van der Waals surface area contributed by atoms with Crippen molar-refractivity contribution in [3.63, 3.8) is 0 Å². The van der Waals surface area contributed by atoms with Crippen LogP contribution in [0.15, 0.2) is 36.9 Å². The second kappa shape index (κ2) is 8.51. The molecule has 0 aliphatic heterocycles. The molecule has 0 aliphatic rings. The molecule has 0 radical (unpaired) electrons. The van der Waals surface area contributed by atoms with Crippen molar-refractivity contribution in [3.05, 3.63) is 42.7 Å². The molecule has 0 saturated heterocycles. The van der Waals surface area contributed by atoms with E-state index < -0.39 is 0 Å². The predicted octanol–water partition coefficient (Wildman–Crippen LogP) is 3.71. The van der Waals surface area contributed by atoms with Gasteiger partial charge in [0, 0.05) is 25.4 Å². The molecule has 2 aromatic rings. The number of carbonyl (C=O) groups is 1. The quantitative estimate of drug-likeness (QED) is 0.567. The molecular formula is C19H27N3O. The normalized spacial score (nSPS) is 11.1. The zero-order valence-corrected chi connectivity index (χ0v) is 14.2. The highest BCUT2D eigenvalue weighted by Crippen LogP contribution is 2.17. The molecule has 2 rings (SSSR count). The van der Waals surface area contributed by atoms with Crippen molar-refractivity contribution in [1.82, 2.24) is 14.9 Å². The molecule has 0 fully saturated rings. The van der Waals surface area contributed by atoms with Gasteiger partial charge in [-0.05, 0) is 31.4 Å². The molecule has 0 bridgehead atoms. The van der Waals surface area contributed by atoms with Crippen molar-refractivity contribution in [2.24, 2.45) is 5.92 Å². The number of amides is 1. The molecule has 1 heterocycles. The number of nitrogens with zero attached hydrogens (tertiary/aromatic N) is 2. The molecule has 0 atom stereocenters. The Morgan fingerprint density at radius 3 is 2.78 bits per heavy atom. The number of hydrogen-bond donors (Lipinski definition) is 1. The first-order valence-corrected chi connectivity index (χ1v) is 8.54. The van der Waals surface area contributed by atoms with Gasteiger partial charge in [0.2, 0.25) is 5.91 Å². The second-order valence-corrected chi connectivity index (χ2v) is 5.82. The van der Waals surface area contributed by atoms with E-state index in [2.05, 4.69) is 36.4 Å². The summed E-state index contributed by atoms with van der Waals surface area (Å²) in [6.07, 6.45) is 5.44. The Morgan fingerprint density at radius 1 is 1.35 bits per heavy atom. The molecule has 23 heavy (non-hydrogen) atoms. The predicted molar refractivity (Wildman–Crippen MR) is 95.3 cm³/mol. The van der Waals surface area contributed by atoms with Crippen LogP contribution >= 0.6 is 0 Å². The topological polar surface area (TPSA) is 46.9 Å². The average Bonchev–Trinajstić information content (AvgIpc) is 2.91. The first-order chi connectivity index (χ1) is 11.2. The molecule has 1 N–H and O–H groups in total. The van der Waals surface area contributed by atoms with Gasteiger partial charge in [-0.1, -0.05) is 32.1 Å². The summed E-state index contributed by atoms with van der Waals surface area (Å²) in [4.78, 5) is 16.7. The fourth-order valence-corrected chi connectivity index (χ4v) is 2.91. The molecule has 4 nitrogen and oxygen atoms in total. The number of benzene rings is 1. The molecule has 1 aromatic carbocycles. The SMILES string of the molecule is C=CCn1c(CCCNC(=O)C(CC)CC)nc2ccccc21. The number of carbonyl (C=O) groups excluding carboxylic acids is 1. The molecule has 1 amide bonds. The Labute approximate surface area is 138 Å². The van der Waals surface area contributed by atoms with Crippen LogP contribution in [0.3, 0.4) is 0 Å². The van der Waals surface area contributed by atoms with Crippen molar-refractivity contribution in [3.8, 4) is 0 Å². The number of rotatable bonds is 9. The highest BCUT2D eigenvalue weighted by atomic mass is 16.1. The Balaban J connectivity index is 1.95. The Morgan fingerprint density at radius 2 is 2.09 bits per heavy atom. The number of allylic oxidation sites excluding steroid dienone is 1. The molecule has 0 saturated carbocycles. The largest absolute Gasteiger partial charge is 0.356 e. The maximum absolute atomic E-state index is 12.0. The van der Waals surface area contributed by atoms with Gasteiger partial charge >= 0.3 is 0 Å². The van der Waals surface area contributed by atoms with Gasteiger partial charge < -0.3 is 9.88 Å². The fraction of sp³-hybridized carbons (Fsp3) is 0.474. The van der Waals surface area contributed by atoms with Gasteiger partial charge in [0.25, 0.3) is 0 Å². The molecule has 0 spiro atoms. The van der Waals surface area contributed by atoms with Gasteiger partial charge in [-0.15, -0.1) is 6.58 Å². The number of imidazole rings is 1. The lowest BCUT2D eigenvalue weighted by Crippen LogP contribution is -2.31. The third kappa shape index (κ3) is 4.21. The number of aryl methyl sites for hydroxylation is 1. The van der Waals surface area contributed by atoms with Crippen LogP contribution in [0.2, 0.25) is 0 Å². The van der Waals surface area contributed by atoms with Gasteiger partial charge in [-0.2, -0.15) is 0 Å². The summed E-state index contributed by atoms with van der Waals surface area (Å²) in [6.45, 7) is 9.42. The van der Waals surface area contributed by atoms with Crippen LogP contribution in [0.4, 0.5) is 0 Å². The lowest BCUT2D eigenvalue weighted by molar-refractivity contribution is -0.125. The summed E-state index contributed by atoms with van der Waals surface area (Å²) in [7, 11) is 0. The molecular weight excluding hydrogens is 286 g/mol. The van der Waals surface area contributed by atoms with Crippen LogP contribution in [0.25, 0.3) is 11.0 Å². The van der Waals surface area contributed by atoms with E-state index in [1.54, 1.807) is 0 Å². The highest BCUT2D eigenvalue weighted by molar-refractivity contribution is 5.78. The van der Waals surface area contributed by atoms with E-state index in [4.69, 9.17) is 4.98 Å². The Hall–Kier alpha value is -2.10. The van der Waals surface area contributed by atoms with E-state index in [-0.39, 0.29) is 11.8 Å². The van der Waals surface area contributed by atoms with Gasteiger partial charge in [-0.3, -0.25) is 4.79 Å². The van der Waals surface area contributed by atoms with E-state index in [1.807, 2.05) is 24.3 Å². The first-order valence-electron chi connectivity index (χ1n) is 8.54. The molecule has 124 valence electrons. The van der Waals surface area contributed by atoms with Crippen molar-refractivity contribution >= 4 is 16.9 Å². The van der Waals surface area contributed by atoms with Crippen molar-refractivity contribution < 1.29 is 4.79 Å². The van der Waals surface area contributed by atoms with Crippen LogP contribution < -0.4 is 5.32 Å². The minimum absolute atomic E-state index is 0.139. The number of fused-ring (bicyclic) bond motifs is 1. The van der Waals surface area contributed by atoms with Crippen LogP contribution in [0.1, 0.15) is 38.9 Å². The summed E-state index contributed by atoms with van der Waals surface area (Å²) in [5, 5.41) is 3.04. The second-order valence-electron chi connectivity index (χ2n) is 5.82. The lowest BCUT2D eigenvalue weighted by atomic mass is 10.0. The van der Waals surface area contributed by atoms with E-state index in [9.17, 15) is 4.79 Å².